The van der Waals surface area contributed by atoms with Crippen LogP contribution >= 0.6 is 11.6 Å². The fraction of sp³-hybridized carbons (Fsp3) is 0.529. The standard InChI is InChI=1S/C17H25ClN2O2/c1-3-4-10-19-17(22)9-12-20(14(2)21)11-8-15-6-5-7-16(18)13-15/h5-7,13H,3-4,8-12H2,1-2H3,(H,19,22). The Kier molecular flexibility index (Phi) is 8.60. The van der Waals surface area contributed by atoms with Crippen molar-refractivity contribution < 1.29 is 9.59 Å². The van der Waals surface area contributed by atoms with Crippen LogP contribution in [0, 0.1) is 0 Å². The second-order valence-corrected chi connectivity index (χ2v) is 5.78. The van der Waals surface area contributed by atoms with Crippen molar-refractivity contribution >= 4 is 23.4 Å². The molecule has 122 valence electrons. The fourth-order valence-electron chi connectivity index (χ4n) is 2.11. The smallest absolute Gasteiger partial charge is 0.221 e. The first-order chi connectivity index (χ1) is 10.5. The molecule has 0 radical (unpaired) electrons. The molecule has 2 amide bonds. The number of carbonyl (C=O) groups excluding carboxylic acids is 2. The van der Waals surface area contributed by atoms with E-state index in [-0.39, 0.29) is 11.8 Å². The first-order valence-corrected chi connectivity index (χ1v) is 8.17. The Labute approximate surface area is 137 Å². The quantitative estimate of drug-likeness (QED) is 0.710. The van der Waals surface area contributed by atoms with E-state index in [1.54, 1.807) is 4.90 Å². The van der Waals surface area contributed by atoms with E-state index in [1.165, 1.54) is 6.92 Å². The molecule has 0 saturated heterocycles. The van der Waals surface area contributed by atoms with E-state index in [0.29, 0.717) is 31.1 Å². The van der Waals surface area contributed by atoms with E-state index >= 15 is 0 Å². The second-order valence-electron chi connectivity index (χ2n) is 5.34. The van der Waals surface area contributed by atoms with Crippen LogP contribution in [-0.2, 0) is 16.0 Å². The lowest BCUT2D eigenvalue weighted by Crippen LogP contribution is -2.35. The highest BCUT2D eigenvalue weighted by molar-refractivity contribution is 6.30. The van der Waals surface area contributed by atoms with Crippen LogP contribution in [0.4, 0.5) is 0 Å². The molecule has 4 nitrogen and oxygen atoms in total. The highest BCUT2D eigenvalue weighted by Crippen LogP contribution is 2.11. The molecule has 5 heteroatoms. The Morgan fingerprint density at radius 1 is 1.27 bits per heavy atom. The molecule has 0 heterocycles. The molecule has 1 N–H and O–H groups in total. The highest BCUT2D eigenvalue weighted by atomic mass is 35.5. The summed E-state index contributed by atoms with van der Waals surface area (Å²) in [6.45, 7) is 5.37. The van der Waals surface area contributed by atoms with Crippen molar-refractivity contribution in [1.29, 1.82) is 0 Å². The van der Waals surface area contributed by atoms with Crippen LogP contribution in [0.15, 0.2) is 24.3 Å². The van der Waals surface area contributed by atoms with Gasteiger partial charge in [-0.3, -0.25) is 9.59 Å². The second kappa shape index (κ2) is 10.2. The van der Waals surface area contributed by atoms with Crippen LogP contribution < -0.4 is 5.32 Å². The molecule has 0 spiro atoms. The molecule has 0 aliphatic heterocycles. The van der Waals surface area contributed by atoms with Gasteiger partial charge >= 0.3 is 0 Å². The number of rotatable bonds is 9. The SMILES string of the molecule is CCCCNC(=O)CCN(CCc1cccc(Cl)c1)C(C)=O. The zero-order chi connectivity index (χ0) is 16.4. The summed E-state index contributed by atoms with van der Waals surface area (Å²) in [5.74, 6) is -0.00848. The predicted octanol–water partition coefficient (Wildman–Crippen LogP) is 3.04. The lowest BCUT2D eigenvalue weighted by atomic mass is 10.1. The average Bonchev–Trinajstić information content (AvgIpc) is 2.47. The molecule has 0 unspecified atom stereocenters. The van der Waals surface area contributed by atoms with Crippen molar-refractivity contribution in [2.75, 3.05) is 19.6 Å². The maximum absolute atomic E-state index is 11.7. The third-order valence-electron chi connectivity index (χ3n) is 3.47. The van der Waals surface area contributed by atoms with E-state index < -0.39 is 0 Å². The van der Waals surface area contributed by atoms with Crippen molar-refractivity contribution in [1.82, 2.24) is 10.2 Å². The van der Waals surface area contributed by atoms with Gasteiger partial charge in [0.05, 0.1) is 0 Å². The molecule has 0 aliphatic rings. The van der Waals surface area contributed by atoms with Gasteiger partial charge in [0.25, 0.3) is 0 Å². The molecule has 22 heavy (non-hydrogen) atoms. The van der Waals surface area contributed by atoms with E-state index in [1.807, 2.05) is 24.3 Å². The van der Waals surface area contributed by atoms with Gasteiger partial charge in [0.1, 0.15) is 0 Å². The third-order valence-corrected chi connectivity index (χ3v) is 3.70. The van der Waals surface area contributed by atoms with Gasteiger partial charge in [-0.25, -0.2) is 0 Å². The summed E-state index contributed by atoms with van der Waals surface area (Å²) in [5.41, 5.74) is 1.09. The molecule has 1 aromatic rings. The summed E-state index contributed by atoms with van der Waals surface area (Å²) < 4.78 is 0. The van der Waals surface area contributed by atoms with Crippen LogP contribution in [0.1, 0.15) is 38.7 Å². The molecular weight excluding hydrogens is 300 g/mol. The maximum Gasteiger partial charge on any atom is 0.221 e. The molecule has 0 aromatic heterocycles. The normalized spacial score (nSPS) is 10.3. The Morgan fingerprint density at radius 2 is 2.05 bits per heavy atom. The predicted molar refractivity (Wildman–Crippen MR) is 89.9 cm³/mol. The van der Waals surface area contributed by atoms with Gasteiger partial charge in [-0.15, -0.1) is 0 Å². The first-order valence-electron chi connectivity index (χ1n) is 7.79. The zero-order valence-corrected chi connectivity index (χ0v) is 14.2. The molecule has 0 saturated carbocycles. The van der Waals surface area contributed by atoms with Crippen molar-refractivity contribution in [3.8, 4) is 0 Å². The van der Waals surface area contributed by atoms with Gasteiger partial charge in [0.2, 0.25) is 11.8 Å². The number of amides is 2. The van der Waals surface area contributed by atoms with Crippen molar-refractivity contribution in [3.63, 3.8) is 0 Å². The third kappa shape index (κ3) is 7.46. The summed E-state index contributed by atoms with van der Waals surface area (Å²) in [6.07, 6.45) is 3.12. The van der Waals surface area contributed by atoms with Gasteiger partial charge < -0.3 is 10.2 Å². The zero-order valence-electron chi connectivity index (χ0n) is 13.4. The summed E-state index contributed by atoms with van der Waals surface area (Å²) >= 11 is 5.95. The summed E-state index contributed by atoms with van der Waals surface area (Å²) in [4.78, 5) is 25.1. The Balaban J connectivity index is 2.39. The number of carbonyl (C=O) groups is 2. The van der Waals surface area contributed by atoms with Crippen LogP contribution in [0.3, 0.4) is 0 Å². The fourth-order valence-corrected chi connectivity index (χ4v) is 2.33. The molecule has 0 fully saturated rings. The molecule has 0 bridgehead atoms. The summed E-state index contributed by atoms with van der Waals surface area (Å²) in [5, 5.41) is 3.56. The lowest BCUT2D eigenvalue weighted by Gasteiger charge is -2.21. The first kappa shape index (κ1) is 18.5. The minimum Gasteiger partial charge on any atom is -0.356 e. The molecular formula is C17H25ClN2O2. The van der Waals surface area contributed by atoms with Crippen molar-refractivity contribution in [2.24, 2.45) is 0 Å². The van der Waals surface area contributed by atoms with Gasteiger partial charge in [-0.2, -0.15) is 0 Å². The number of hydrogen-bond donors (Lipinski definition) is 1. The number of hydrogen-bond acceptors (Lipinski definition) is 2. The van der Waals surface area contributed by atoms with E-state index in [9.17, 15) is 9.59 Å². The Hall–Kier alpha value is -1.55. The van der Waals surface area contributed by atoms with Gasteiger partial charge in [0, 0.05) is 38.0 Å². The van der Waals surface area contributed by atoms with Crippen LogP contribution in [0.25, 0.3) is 0 Å². The van der Waals surface area contributed by atoms with Gasteiger partial charge in [0.15, 0.2) is 0 Å². The Morgan fingerprint density at radius 3 is 2.68 bits per heavy atom. The number of benzene rings is 1. The monoisotopic (exact) mass is 324 g/mol. The van der Waals surface area contributed by atoms with Gasteiger partial charge in [-0.1, -0.05) is 37.1 Å². The van der Waals surface area contributed by atoms with E-state index in [2.05, 4.69) is 12.2 Å². The average molecular weight is 325 g/mol. The van der Waals surface area contributed by atoms with E-state index in [0.717, 1.165) is 24.8 Å². The minimum absolute atomic E-state index is 0.00227. The van der Waals surface area contributed by atoms with E-state index in [4.69, 9.17) is 11.6 Å². The number of halogens is 1. The molecule has 1 rings (SSSR count). The summed E-state index contributed by atoms with van der Waals surface area (Å²) in [6, 6.07) is 7.62. The molecule has 1 aromatic carbocycles. The van der Waals surface area contributed by atoms with Crippen molar-refractivity contribution in [2.45, 2.75) is 39.5 Å². The highest BCUT2D eigenvalue weighted by Gasteiger charge is 2.11. The van der Waals surface area contributed by atoms with Crippen LogP contribution in [0.5, 0.6) is 0 Å². The maximum atomic E-state index is 11.7. The van der Waals surface area contributed by atoms with Crippen LogP contribution in [0.2, 0.25) is 5.02 Å². The summed E-state index contributed by atoms with van der Waals surface area (Å²) in [7, 11) is 0. The van der Waals surface area contributed by atoms with Crippen LogP contribution in [-0.4, -0.2) is 36.3 Å². The topological polar surface area (TPSA) is 49.4 Å². The largest absolute Gasteiger partial charge is 0.356 e. The van der Waals surface area contributed by atoms with Gasteiger partial charge in [-0.05, 0) is 30.5 Å². The molecule has 0 aliphatic carbocycles. The molecule has 0 atom stereocenters. The van der Waals surface area contributed by atoms with Crippen molar-refractivity contribution in [3.05, 3.63) is 34.9 Å². The minimum atomic E-state index is -0.0108. The Bertz CT molecular complexity index is 491. The number of unbranched alkanes of at least 4 members (excludes halogenated alkanes) is 1. The number of nitrogens with one attached hydrogen (secondary N) is 1. The number of nitrogens with zero attached hydrogens (tertiary/aromatic N) is 1. The lowest BCUT2D eigenvalue weighted by molar-refractivity contribution is -0.129.